The Bertz CT molecular complexity index is 1230. The zero-order chi connectivity index (χ0) is 21.7. The van der Waals surface area contributed by atoms with Gasteiger partial charge < -0.3 is 9.64 Å². The summed E-state index contributed by atoms with van der Waals surface area (Å²) < 4.78 is 83.5. The highest BCUT2D eigenvalue weighted by Gasteiger charge is 2.34. The Hall–Kier alpha value is -2.94. The quantitative estimate of drug-likeness (QED) is 0.302. The van der Waals surface area contributed by atoms with Crippen LogP contribution in [0, 0.1) is 0 Å². The summed E-state index contributed by atoms with van der Waals surface area (Å²) in [6, 6.07) is 14.6. The van der Waals surface area contributed by atoms with E-state index < -0.39 is 23.9 Å². The van der Waals surface area contributed by atoms with Crippen LogP contribution in [-0.4, -0.2) is 13.4 Å². The number of alkyl halides is 6. The van der Waals surface area contributed by atoms with Crippen LogP contribution < -0.4 is 9.64 Å². The van der Waals surface area contributed by atoms with Gasteiger partial charge in [-0.05, 0) is 24.3 Å². The van der Waals surface area contributed by atoms with Crippen molar-refractivity contribution >= 4 is 42.9 Å². The van der Waals surface area contributed by atoms with Crippen LogP contribution in [0.4, 0.5) is 37.7 Å². The van der Waals surface area contributed by atoms with Gasteiger partial charge in [-0.15, -0.1) is 24.5 Å². The van der Waals surface area contributed by atoms with Gasteiger partial charge in [-0.25, -0.2) is 0 Å². The highest BCUT2D eigenvalue weighted by molar-refractivity contribution is 7.26. The van der Waals surface area contributed by atoms with Crippen molar-refractivity contribution in [3.8, 4) is 5.75 Å². The number of benzene rings is 3. The smallest absolute Gasteiger partial charge is 0.404 e. The van der Waals surface area contributed by atoms with Crippen molar-refractivity contribution in [1.29, 1.82) is 0 Å². The predicted octanol–water partition coefficient (Wildman–Crippen LogP) is 7.74. The van der Waals surface area contributed by atoms with Crippen LogP contribution in [0.2, 0.25) is 0 Å². The van der Waals surface area contributed by atoms with Gasteiger partial charge in [0.2, 0.25) is 0 Å². The van der Waals surface area contributed by atoms with Gasteiger partial charge in [0.15, 0.2) is 5.75 Å². The molecule has 0 atom stereocenters. The molecule has 1 aromatic heterocycles. The standard InChI is InChI=1S/C21H13F6NOS/c1-28(15-9-2-3-11-17(15)29-21(25,26)27)16-10-5-7-13-12-6-4-8-14(20(22,23)24)18(12)30-19(13)16/h2-11H,1H3. The molecule has 0 spiro atoms. The van der Waals surface area contributed by atoms with E-state index in [1.807, 2.05) is 0 Å². The fourth-order valence-electron chi connectivity index (χ4n) is 3.37. The number of thiophene rings is 1. The lowest BCUT2D eigenvalue weighted by molar-refractivity contribution is -0.274. The molecule has 4 rings (SSSR count). The van der Waals surface area contributed by atoms with E-state index in [2.05, 4.69) is 4.74 Å². The van der Waals surface area contributed by atoms with E-state index in [4.69, 9.17) is 0 Å². The van der Waals surface area contributed by atoms with E-state index in [1.54, 1.807) is 37.4 Å². The fourth-order valence-corrected chi connectivity index (χ4v) is 4.75. The number of nitrogens with zero attached hydrogens (tertiary/aromatic N) is 1. The molecule has 0 aliphatic carbocycles. The average molecular weight is 441 g/mol. The molecule has 30 heavy (non-hydrogen) atoms. The minimum Gasteiger partial charge on any atom is -0.404 e. The topological polar surface area (TPSA) is 12.5 Å². The molecule has 0 bridgehead atoms. The van der Waals surface area contributed by atoms with Crippen LogP contribution >= 0.6 is 11.3 Å². The molecule has 9 heteroatoms. The lowest BCUT2D eigenvalue weighted by Crippen LogP contribution is -2.19. The second-order valence-corrected chi connectivity index (χ2v) is 7.53. The third-order valence-electron chi connectivity index (χ3n) is 4.62. The highest BCUT2D eigenvalue weighted by Crippen LogP contribution is 2.46. The van der Waals surface area contributed by atoms with Crippen LogP contribution in [0.15, 0.2) is 60.7 Å². The van der Waals surface area contributed by atoms with Crippen LogP contribution in [-0.2, 0) is 6.18 Å². The molecule has 4 aromatic rings. The summed E-state index contributed by atoms with van der Waals surface area (Å²) in [5, 5.41) is 1.04. The number of para-hydroxylation sites is 2. The van der Waals surface area contributed by atoms with E-state index in [0.29, 0.717) is 21.2 Å². The van der Waals surface area contributed by atoms with Crippen molar-refractivity contribution in [2.24, 2.45) is 0 Å². The molecule has 0 aliphatic heterocycles. The Morgan fingerprint density at radius 2 is 1.33 bits per heavy atom. The maximum atomic E-state index is 13.5. The van der Waals surface area contributed by atoms with Crippen molar-refractivity contribution in [3.63, 3.8) is 0 Å². The molecule has 0 saturated heterocycles. The summed E-state index contributed by atoms with van der Waals surface area (Å²) in [5.74, 6) is -0.401. The number of ether oxygens (including phenoxy) is 1. The Balaban J connectivity index is 1.91. The number of anilines is 2. The van der Waals surface area contributed by atoms with Crippen molar-refractivity contribution < 1.29 is 31.1 Å². The first-order valence-corrected chi connectivity index (χ1v) is 9.48. The highest BCUT2D eigenvalue weighted by atomic mass is 32.1. The van der Waals surface area contributed by atoms with Crippen molar-refractivity contribution in [2.75, 3.05) is 11.9 Å². The lowest BCUT2D eigenvalue weighted by Gasteiger charge is -2.23. The number of rotatable bonds is 3. The van der Waals surface area contributed by atoms with Crippen molar-refractivity contribution in [1.82, 2.24) is 0 Å². The van der Waals surface area contributed by atoms with Crippen LogP contribution in [0.25, 0.3) is 20.2 Å². The predicted molar refractivity (Wildman–Crippen MR) is 106 cm³/mol. The maximum absolute atomic E-state index is 13.5. The monoisotopic (exact) mass is 441 g/mol. The number of hydrogen-bond donors (Lipinski definition) is 0. The molecule has 2 nitrogen and oxygen atoms in total. The molecule has 0 unspecified atom stereocenters. The minimum atomic E-state index is -4.87. The third-order valence-corrected chi connectivity index (χ3v) is 5.90. The molecule has 1 heterocycles. The van der Waals surface area contributed by atoms with Crippen molar-refractivity contribution in [2.45, 2.75) is 12.5 Å². The first-order chi connectivity index (χ1) is 14.1. The second kappa shape index (κ2) is 7.09. The van der Waals surface area contributed by atoms with E-state index in [9.17, 15) is 26.3 Å². The Kier molecular flexibility index (Phi) is 4.80. The van der Waals surface area contributed by atoms with E-state index in [-0.39, 0.29) is 10.4 Å². The summed E-state index contributed by atoms with van der Waals surface area (Å²) in [7, 11) is 1.54. The molecule has 0 saturated carbocycles. The first-order valence-electron chi connectivity index (χ1n) is 8.66. The number of fused-ring (bicyclic) bond motifs is 3. The van der Waals surface area contributed by atoms with Gasteiger partial charge in [0.25, 0.3) is 0 Å². The third kappa shape index (κ3) is 3.65. The van der Waals surface area contributed by atoms with Gasteiger partial charge in [-0.3, -0.25) is 0 Å². The molecule has 156 valence electrons. The first kappa shape index (κ1) is 20.3. The average Bonchev–Trinajstić information content (AvgIpc) is 3.04. The number of halogens is 6. The van der Waals surface area contributed by atoms with Gasteiger partial charge in [0, 0.05) is 22.5 Å². The molecule has 0 N–H and O–H groups in total. The van der Waals surface area contributed by atoms with E-state index >= 15 is 0 Å². The van der Waals surface area contributed by atoms with Gasteiger partial charge in [0.1, 0.15) is 0 Å². The molecule has 0 aliphatic rings. The number of hydrogen-bond acceptors (Lipinski definition) is 3. The van der Waals surface area contributed by atoms with Crippen LogP contribution in [0.1, 0.15) is 5.56 Å². The van der Waals surface area contributed by atoms with Crippen molar-refractivity contribution in [3.05, 3.63) is 66.2 Å². The van der Waals surface area contributed by atoms with E-state index in [0.717, 1.165) is 17.4 Å². The Morgan fingerprint density at radius 1 is 0.733 bits per heavy atom. The van der Waals surface area contributed by atoms with Gasteiger partial charge >= 0.3 is 12.5 Å². The van der Waals surface area contributed by atoms with Gasteiger partial charge in [-0.1, -0.05) is 36.4 Å². The Morgan fingerprint density at radius 3 is 2.00 bits per heavy atom. The summed E-state index contributed by atoms with van der Waals surface area (Å²) in [5.41, 5.74) is -0.133. The fraction of sp³-hybridized carbons (Fsp3) is 0.143. The summed E-state index contributed by atoms with van der Waals surface area (Å²) in [6.07, 6.45) is -9.39. The molecule has 0 fully saturated rings. The van der Waals surface area contributed by atoms with Gasteiger partial charge in [-0.2, -0.15) is 13.2 Å². The molecular formula is C21H13F6NOS. The van der Waals surface area contributed by atoms with Gasteiger partial charge in [0.05, 0.1) is 21.6 Å². The molecule has 0 amide bonds. The van der Waals surface area contributed by atoms with E-state index in [1.165, 1.54) is 29.2 Å². The largest absolute Gasteiger partial charge is 0.573 e. The molecule has 0 radical (unpaired) electrons. The minimum absolute atomic E-state index is 0.0840. The zero-order valence-corrected chi connectivity index (χ0v) is 16.1. The normalized spacial score (nSPS) is 12.5. The summed E-state index contributed by atoms with van der Waals surface area (Å²) in [6.45, 7) is 0. The molecular weight excluding hydrogens is 428 g/mol. The Labute approximate surface area is 170 Å². The SMILES string of the molecule is CN(c1ccccc1OC(F)(F)F)c1cccc2c1sc1c(C(F)(F)F)cccc12. The lowest BCUT2D eigenvalue weighted by atomic mass is 10.1. The van der Waals surface area contributed by atoms with Crippen LogP contribution in [0.3, 0.4) is 0 Å². The molecule has 3 aromatic carbocycles. The second-order valence-electron chi connectivity index (χ2n) is 6.51. The summed E-state index contributed by atoms with van der Waals surface area (Å²) >= 11 is 0.959. The summed E-state index contributed by atoms with van der Waals surface area (Å²) in [4.78, 5) is 1.48. The maximum Gasteiger partial charge on any atom is 0.573 e. The zero-order valence-electron chi connectivity index (χ0n) is 15.3. The van der Waals surface area contributed by atoms with Crippen LogP contribution in [0.5, 0.6) is 5.75 Å².